The van der Waals surface area contributed by atoms with Crippen LogP contribution >= 0.6 is 0 Å². The van der Waals surface area contributed by atoms with E-state index in [1.165, 1.54) is 42.7 Å². The van der Waals surface area contributed by atoms with E-state index in [1.54, 1.807) is 0 Å². The van der Waals surface area contributed by atoms with Crippen molar-refractivity contribution in [1.29, 1.82) is 0 Å². The second-order valence-corrected chi connectivity index (χ2v) is 5.18. The molecule has 100 valence electrons. The largest absolute Gasteiger partial charge is 0.371 e. The number of hydrogen-bond acceptors (Lipinski definition) is 2. The molecule has 2 heteroatoms. The molecule has 0 aromatic heterocycles. The Morgan fingerprint density at radius 3 is 2.11 bits per heavy atom. The van der Waals surface area contributed by atoms with E-state index in [0.717, 1.165) is 12.8 Å². The quantitative estimate of drug-likeness (QED) is 0.878. The molecule has 0 unspecified atom stereocenters. The summed E-state index contributed by atoms with van der Waals surface area (Å²) in [4.78, 5) is 2.60. The molecule has 1 saturated heterocycles. The highest BCUT2D eigenvalue weighted by molar-refractivity contribution is 5.60. The van der Waals surface area contributed by atoms with Gasteiger partial charge in [0.25, 0.3) is 0 Å². The van der Waals surface area contributed by atoms with Crippen LogP contribution in [-0.4, -0.2) is 26.2 Å². The van der Waals surface area contributed by atoms with Crippen LogP contribution in [0, 0.1) is 0 Å². The predicted octanol–water partition coefficient (Wildman–Crippen LogP) is 3.00. The highest BCUT2D eigenvalue weighted by Gasteiger charge is 2.21. The van der Waals surface area contributed by atoms with Crippen molar-refractivity contribution in [3.8, 4) is 0 Å². The Morgan fingerprint density at radius 1 is 1.11 bits per heavy atom. The Balaban J connectivity index is 2.22. The zero-order valence-electron chi connectivity index (χ0n) is 12.0. The van der Waals surface area contributed by atoms with E-state index in [4.69, 9.17) is 0 Å². The lowest BCUT2D eigenvalue weighted by Crippen LogP contribution is -2.41. The van der Waals surface area contributed by atoms with Gasteiger partial charge >= 0.3 is 0 Å². The number of hydrogen-bond donors (Lipinski definition) is 1. The van der Waals surface area contributed by atoms with E-state index < -0.39 is 0 Å². The summed E-state index contributed by atoms with van der Waals surface area (Å²) in [5.41, 5.74) is 4.55. The molecule has 18 heavy (non-hydrogen) atoms. The molecule has 2 rings (SSSR count). The molecule has 1 aromatic rings. The van der Waals surface area contributed by atoms with Gasteiger partial charge in [-0.2, -0.15) is 0 Å². The highest BCUT2D eigenvalue weighted by Crippen LogP contribution is 2.29. The number of nitrogens with zero attached hydrogens (tertiary/aromatic N) is 1. The van der Waals surface area contributed by atoms with Crippen LogP contribution in [0.1, 0.15) is 37.8 Å². The summed E-state index contributed by atoms with van der Waals surface area (Å²) in [6.45, 7) is 6.91. The predicted molar refractivity (Wildman–Crippen MR) is 79.5 cm³/mol. The summed E-state index contributed by atoms with van der Waals surface area (Å²) in [5, 5.41) is 3.41. The van der Waals surface area contributed by atoms with E-state index in [-0.39, 0.29) is 0 Å². The maximum absolute atomic E-state index is 3.41. The third-order valence-electron chi connectivity index (χ3n) is 4.18. The van der Waals surface area contributed by atoms with Crippen molar-refractivity contribution >= 4 is 5.69 Å². The first kappa shape index (κ1) is 13.4. The first-order chi connectivity index (χ1) is 8.80. The Labute approximate surface area is 111 Å². The van der Waals surface area contributed by atoms with Crippen LogP contribution in [0.2, 0.25) is 0 Å². The average Bonchev–Trinajstić information content (AvgIpc) is 2.46. The van der Waals surface area contributed by atoms with Gasteiger partial charge in [-0.25, -0.2) is 0 Å². The molecule has 1 aliphatic heterocycles. The van der Waals surface area contributed by atoms with Gasteiger partial charge in [0.15, 0.2) is 0 Å². The lowest BCUT2D eigenvalue weighted by Gasteiger charge is -2.36. The van der Waals surface area contributed by atoms with E-state index >= 15 is 0 Å². The smallest absolute Gasteiger partial charge is 0.0431 e. The Kier molecular flexibility index (Phi) is 4.65. The van der Waals surface area contributed by atoms with Crippen molar-refractivity contribution in [3.63, 3.8) is 0 Å². The molecule has 1 N–H and O–H groups in total. The van der Waals surface area contributed by atoms with Gasteiger partial charge in [-0.1, -0.05) is 32.0 Å². The lowest BCUT2D eigenvalue weighted by molar-refractivity contribution is 0.441. The Hall–Kier alpha value is -1.02. The third kappa shape index (κ3) is 2.69. The molecule has 2 nitrogen and oxygen atoms in total. The van der Waals surface area contributed by atoms with Crippen molar-refractivity contribution in [2.75, 3.05) is 25.0 Å². The lowest BCUT2D eigenvalue weighted by atomic mass is 9.98. The molecule has 1 aromatic carbocycles. The number of anilines is 1. The third-order valence-corrected chi connectivity index (χ3v) is 4.18. The zero-order chi connectivity index (χ0) is 13.0. The zero-order valence-corrected chi connectivity index (χ0v) is 12.0. The van der Waals surface area contributed by atoms with Gasteiger partial charge in [-0.05, 0) is 43.9 Å². The van der Waals surface area contributed by atoms with E-state index in [2.05, 4.69) is 49.3 Å². The second-order valence-electron chi connectivity index (χ2n) is 5.18. The molecule has 1 heterocycles. The van der Waals surface area contributed by atoms with Gasteiger partial charge in [-0.3, -0.25) is 0 Å². The summed E-state index contributed by atoms with van der Waals surface area (Å²) < 4.78 is 0. The van der Waals surface area contributed by atoms with Crippen LogP contribution in [-0.2, 0) is 12.8 Å². The standard InChI is InChI=1S/C16H26N2/c1-4-13-7-6-8-14(5-2)16(13)18-11-9-15(17-3)10-12-18/h6-8,15,17H,4-5,9-12H2,1-3H3. The Morgan fingerprint density at radius 2 is 1.67 bits per heavy atom. The van der Waals surface area contributed by atoms with Crippen LogP contribution in [0.15, 0.2) is 18.2 Å². The monoisotopic (exact) mass is 246 g/mol. The molecule has 0 amide bonds. The maximum Gasteiger partial charge on any atom is 0.0431 e. The first-order valence-corrected chi connectivity index (χ1v) is 7.33. The van der Waals surface area contributed by atoms with Crippen molar-refractivity contribution in [3.05, 3.63) is 29.3 Å². The molecular formula is C16H26N2. The van der Waals surface area contributed by atoms with Crippen molar-refractivity contribution in [2.24, 2.45) is 0 Å². The topological polar surface area (TPSA) is 15.3 Å². The fraction of sp³-hybridized carbons (Fsp3) is 0.625. The van der Waals surface area contributed by atoms with Gasteiger partial charge < -0.3 is 10.2 Å². The fourth-order valence-corrected chi connectivity index (χ4v) is 3.01. The number of aryl methyl sites for hydroxylation is 2. The fourth-order valence-electron chi connectivity index (χ4n) is 3.01. The summed E-state index contributed by atoms with van der Waals surface area (Å²) in [7, 11) is 2.08. The first-order valence-electron chi connectivity index (χ1n) is 7.33. The summed E-state index contributed by atoms with van der Waals surface area (Å²) in [6, 6.07) is 7.50. The molecule has 0 aliphatic carbocycles. The number of benzene rings is 1. The van der Waals surface area contributed by atoms with Gasteiger partial charge in [0.2, 0.25) is 0 Å². The molecule has 1 aliphatic rings. The summed E-state index contributed by atoms with van der Waals surface area (Å²) in [6.07, 6.45) is 4.79. The minimum absolute atomic E-state index is 0.708. The molecule has 0 saturated carbocycles. The minimum Gasteiger partial charge on any atom is -0.371 e. The number of nitrogens with one attached hydrogen (secondary N) is 1. The van der Waals surface area contributed by atoms with Crippen LogP contribution < -0.4 is 10.2 Å². The van der Waals surface area contributed by atoms with Gasteiger partial charge in [0.05, 0.1) is 0 Å². The van der Waals surface area contributed by atoms with Crippen LogP contribution in [0.5, 0.6) is 0 Å². The Bertz CT molecular complexity index is 356. The normalized spacial score (nSPS) is 17.2. The van der Waals surface area contributed by atoms with E-state index in [0.29, 0.717) is 6.04 Å². The minimum atomic E-state index is 0.708. The van der Waals surface area contributed by atoms with Gasteiger partial charge in [-0.15, -0.1) is 0 Å². The average molecular weight is 246 g/mol. The van der Waals surface area contributed by atoms with Crippen molar-refractivity contribution < 1.29 is 0 Å². The highest BCUT2D eigenvalue weighted by atomic mass is 15.1. The SMILES string of the molecule is CCc1cccc(CC)c1N1CCC(NC)CC1. The van der Waals surface area contributed by atoms with Crippen LogP contribution in [0.3, 0.4) is 0 Å². The van der Waals surface area contributed by atoms with E-state index in [1.807, 2.05) is 0 Å². The molecule has 0 radical (unpaired) electrons. The second kappa shape index (κ2) is 6.24. The molecule has 0 spiro atoms. The molecular weight excluding hydrogens is 220 g/mol. The molecule has 1 fully saturated rings. The van der Waals surface area contributed by atoms with Gasteiger partial charge in [0.1, 0.15) is 0 Å². The summed E-state index contributed by atoms with van der Waals surface area (Å²) >= 11 is 0. The van der Waals surface area contributed by atoms with E-state index in [9.17, 15) is 0 Å². The summed E-state index contributed by atoms with van der Waals surface area (Å²) in [5.74, 6) is 0. The number of rotatable bonds is 4. The number of para-hydroxylation sites is 1. The number of piperidine rings is 1. The van der Waals surface area contributed by atoms with Crippen LogP contribution in [0.25, 0.3) is 0 Å². The van der Waals surface area contributed by atoms with Crippen molar-refractivity contribution in [1.82, 2.24) is 5.32 Å². The van der Waals surface area contributed by atoms with Crippen molar-refractivity contribution in [2.45, 2.75) is 45.6 Å². The molecule has 0 bridgehead atoms. The van der Waals surface area contributed by atoms with Gasteiger partial charge in [0, 0.05) is 24.8 Å². The molecule has 0 atom stereocenters. The maximum atomic E-state index is 3.41. The van der Waals surface area contributed by atoms with Crippen LogP contribution in [0.4, 0.5) is 5.69 Å².